The number of hydrogen-bond acceptors (Lipinski definition) is 7. The van der Waals surface area contributed by atoms with E-state index in [-0.39, 0.29) is 11.5 Å². The third-order valence-electron chi connectivity index (χ3n) is 2.71. The van der Waals surface area contributed by atoms with E-state index >= 15 is 0 Å². The molecule has 0 saturated carbocycles. The van der Waals surface area contributed by atoms with E-state index in [9.17, 15) is 8.42 Å². The molecule has 0 spiro atoms. The van der Waals surface area contributed by atoms with E-state index in [0.717, 1.165) is 4.47 Å². The number of halogens is 1. The zero-order valence-corrected chi connectivity index (χ0v) is 12.0. The summed E-state index contributed by atoms with van der Waals surface area (Å²) in [6.07, 6.45) is 2.20. The predicted octanol–water partition coefficient (Wildman–Crippen LogP) is 0.150. The van der Waals surface area contributed by atoms with Gasteiger partial charge < -0.3 is 4.90 Å². The van der Waals surface area contributed by atoms with Crippen LogP contribution in [0.4, 0.5) is 11.8 Å². The maximum absolute atomic E-state index is 11.6. The molecule has 0 unspecified atom stereocenters. The number of sulfone groups is 1. The first-order valence-corrected chi connectivity index (χ1v) is 8.08. The molecule has 1 aliphatic heterocycles. The maximum Gasteiger partial charge on any atom is 0.239 e. The molecular weight excluding hydrogens is 322 g/mol. The number of nitrogens with zero attached hydrogens (tertiary/aromatic N) is 3. The highest BCUT2D eigenvalue weighted by Crippen LogP contribution is 2.25. The molecule has 2 heterocycles. The van der Waals surface area contributed by atoms with Crippen molar-refractivity contribution in [3.8, 4) is 0 Å². The average molecular weight is 336 g/mol. The van der Waals surface area contributed by atoms with Gasteiger partial charge in [0.15, 0.2) is 9.84 Å². The van der Waals surface area contributed by atoms with Gasteiger partial charge in [-0.2, -0.15) is 4.98 Å². The number of nitrogens with two attached hydrogens (primary N) is 1. The summed E-state index contributed by atoms with van der Waals surface area (Å²) in [5, 5.41) is 0. The number of hydrogen-bond donors (Lipinski definition) is 2. The van der Waals surface area contributed by atoms with Crippen LogP contribution in [-0.4, -0.2) is 43.0 Å². The Kier molecular flexibility index (Phi) is 4.03. The smallest absolute Gasteiger partial charge is 0.239 e. The summed E-state index contributed by atoms with van der Waals surface area (Å²) in [5.41, 5.74) is 2.38. The minimum Gasteiger partial charge on any atom is -0.354 e. The first-order valence-electron chi connectivity index (χ1n) is 5.46. The van der Waals surface area contributed by atoms with Gasteiger partial charge in [-0.05, 0) is 22.4 Å². The van der Waals surface area contributed by atoms with Crippen molar-refractivity contribution < 1.29 is 8.42 Å². The van der Waals surface area contributed by atoms with Crippen molar-refractivity contribution in [3.05, 3.63) is 10.7 Å². The van der Waals surface area contributed by atoms with Crippen LogP contribution in [0.2, 0.25) is 0 Å². The fraction of sp³-hybridized carbons (Fsp3) is 0.556. The number of hydrazine groups is 1. The van der Waals surface area contributed by atoms with Crippen molar-refractivity contribution >= 4 is 37.5 Å². The van der Waals surface area contributed by atoms with Gasteiger partial charge in [0.1, 0.15) is 5.82 Å². The summed E-state index contributed by atoms with van der Waals surface area (Å²) >= 11 is 3.36. The fourth-order valence-corrected chi connectivity index (χ4v) is 3.51. The molecule has 7 nitrogen and oxygen atoms in total. The van der Waals surface area contributed by atoms with E-state index in [1.807, 2.05) is 4.90 Å². The molecule has 1 aromatic heterocycles. The molecule has 9 heteroatoms. The highest BCUT2D eigenvalue weighted by atomic mass is 79.9. The monoisotopic (exact) mass is 335 g/mol. The first kappa shape index (κ1) is 13.5. The second-order valence-corrected chi connectivity index (χ2v) is 7.16. The van der Waals surface area contributed by atoms with Crippen LogP contribution in [0.1, 0.15) is 6.42 Å². The van der Waals surface area contributed by atoms with Crippen LogP contribution < -0.4 is 16.2 Å². The first-order chi connectivity index (χ1) is 8.52. The van der Waals surface area contributed by atoms with E-state index in [4.69, 9.17) is 5.84 Å². The Balaban J connectivity index is 2.25. The van der Waals surface area contributed by atoms with Crippen LogP contribution in [0.15, 0.2) is 10.7 Å². The largest absolute Gasteiger partial charge is 0.354 e. The second kappa shape index (κ2) is 5.37. The van der Waals surface area contributed by atoms with Crippen molar-refractivity contribution in [2.24, 2.45) is 5.84 Å². The number of nitrogen functional groups attached to an aromatic ring is 1. The van der Waals surface area contributed by atoms with Crippen LogP contribution in [0.5, 0.6) is 0 Å². The van der Waals surface area contributed by atoms with Gasteiger partial charge in [0, 0.05) is 19.3 Å². The molecule has 2 rings (SSSR count). The number of anilines is 2. The minimum absolute atomic E-state index is 0.148. The minimum atomic E-state index is -2.93. The van der Waals surface area contributed by atoms with E-state index in [1.165, 1.54) is 0 Å². The lowest BCUT2D eigenvalue weighted by atomic mass is 10.4. The molecule has 100 valence electrons. The van der Waals surface area contributed by atoms with Gasteiger partial charge in [-0.3, -0.25) is 5.43 Å². The lowest BCUT2D eigenvalue weighted by Gasteiger charge is -2.22. The Hall–Kier alpha value is -0.930. The summed E-state index contributed by atoms with van der Waals surface area (Å²) in [6, 6.07) is 0. The Morgan fingerprint density at radius 3 is 2.89 bits per heavy atom. The lowest BCUT2D eigenvalue weighted by molar-refractivity contribution is 0.597. The molecular formula is C9H14BrN5O2S. The van der Waals surface area contributed by atoms with E-state index in [0.29, 0.717) is 31.3 Å². The van der Waals surface area contributed by atoms with Gasteiger partial charge >= 0.3 is 0 Å². The van der Waals surface area contributed by atoms with E-state index < -0.39 is 9.84 Å². The van der Waals surface area contributed by atoms with Crippen LogP contribution in [0.25, 0.3) is 0 Å². The van der Waals surface area contributed by atoms with Crippen molar-refractivity contribution in [1.29, 1.82) is 0 Å². The normalized spacial score (nSPS) is 19.3. The zero-order valence-electron chi connectivity index (χ0n) is 9.63. The molecule has 0 radical (unpaired) electrons. The van der Waals surface area contributed by atoms with Crippen molar-refractivity contribution in [3.63, 3.8) is 0 Å². The molecule has 1 aromatic rings. The van der Waals surface area contributed by atoms with E-state index in [2.05, 4.69) is 31.3 Å². The summed E-state index contributed by atoms with van der Waals surface area (Å²) in [5.74, 6) is 6.61. The topological polar surface area (TPSA) is 101 Å². The molecule has 0 bridgehead atoms. The molecule has 1 fully saturated rings. The molecule has 0 aromatic carbocycles. The highest BCUT2D eigenvalue weighted by Gasteiger charge is 2.21. The molecule has 3 N–H and O–H groups in total. The third kappa shape index (κ3) is 3.09. The second-order valence-electron chi connectivity index (χ2n) is 4.00. The maximum atomic E-state index is 11.6. The SMILES string of the molecule is NNc1ncc(Br)c(N2CCCS(=O)(=O)CC2)n1. The summed E-state index contributed by atoms with van der Waals surface area (Å²) in [7, 11) is -2.93. The standard InChI is InChI=1S/C9H14BrN5O2S/c10-7-6-12-9(14-11)13-8(7)15-2-1-4-18(16,17)5-3-15/h6H,1-5,11H2,(H,12,13,14). The number of aromatic nitrogens is 2. The van der Waals surface area contributed by atoms with Crippen LogP contribution in [0, 0.1) is 0 Å². The van der Waals surface area contributed by atoms with Crippen LogP contribution >= 0.6 is 15.9 Å². The van der Waals surface area contributed by atoms with Gasteiger partial charge in [0.05, 0.1) is 16.0 Å². The van der Waals surface area contributed by atoms with Crippen molar-refractivity contribution in [1.82, 2.24) is 9.97 Å². The quantitative estimate of drug-likeness (QED) is 0.585. The summed E-state index contributed by atoms with van der Waals surface area (Å²) < 4.78 is 23.8. The molecule has 0 aliphatic carbocycles. The molecule has 0 amide bonds. The molecule has 1 saturated heterocycles. The summed E-state index contributed by atoms with van der Waals surface area (Å²) in [4.78, 5) is 10.1. The third-order valence-corrected chi connectivity index (χ3v) is 4.98. The van der Waals surface area contributed by atoms with Crippen LogP contribution in [0.3, 0.4) is 0 Å². The van der Waals surface area contributed by atoms with Gasteiger partial charge in [-0.1, -0.05) is 0 Å². The molecule has 1 aliphatic rings. The van der Waals surface area contributed by atoms with Gasteiger partial charge in [-0.25, -0.2) is 19.2 Å². The lowest BCUT2D eigenvalue weighted by Crippen LogP contribution is -2.28. The fourth-order valence-electron chi connectivity index (χ4n) is 1.80. The number of rotatable bonds is 2. The highest BCUT2D eigenvalue weighted by molar-refractivity contribution is 9.10. The Morgan fingerprint density at radius 2 is 2.17 bits per heavy atom. The Labute approximate surface area is 114 Å². The number of nitrogens with one attached hydrogen (secondary N) is 1. The Bertz CT molecular complexity index is 536. The summed E-state index contributed by atoms with van der Waals surface area (Å²) in [6.45, 7) is 1.08. The zero-order chi connectivity index (χ0) is 13.2. The van der Waals surface area contributed by atoms with Gasteiger partial charge in [0.25, 0.3) is 0 Å². The van der Waals surface area contributed by atoms with Crippen molar-refractivity contribution in [2.75, 3.05) is 34.9 Å². The van der Waals surface area contributed by atoms with E-state index in [1.54, 1.807) is 6.20 Å². The van der Waals surface area contributed by atoms with Crippen LogP contribution in [-0.2, 0) is 9.84 Å². The Morgan fingerprint density at radius 1 is 1.39 bits per heavy atom. The molecule has 18 heavy (non-hydrogen) atoms. The van der Waals surface area contributed by atoms with Gasteiger partial charge in [0.2, 0.25) is 5.95 Å². The average Bonchev–Trinajstić information content (AvgIpc) is 2.51. The molecule has 0 atom stereocenters. The van der Waals surface area contributed by atoms with Gasteiger partial charge in [-0.15, -0.1) is 0 Å². The van der Waals surface area contributed by atoms with Crippen molar-refractivity contribution in [2.45, 2.75) is 6.42 Å². The predicted molar refractivity (Wildman–Crippen MR) is 73.0 cm³/mol.